The van der Waals surface area contributed by atoms with Crippen LogP contribution in [0, 0.1) is 11.6 Å². The van der Waals surface area contributed by atoms with E-state index >= 15 is 0 Å². The van der Waals surface area contributed by atoms with Crippen LogP contribution in [0.15, 0.2) is 30.9 Å². The number of nitrogens with two attached hydrogens (primary N) is 1. The molecule has 0 saturated heterocycles. The van der Waals surface area contributed by atoms with E-state index in [2.05, 4.69) is 6.58 Å². The molecule has 1 aromatic carbocycles. The van der Waals surface area contributed by atoms with Crippen molar-refractivity contribution in [2.75, 3.05) is 0 Å². The summed E-state index contributed by atoms with van der Waals surface area (Å²) in [4.78, 5) is 0. The molecule has 4 heteroatoms. The van der Waals surface area contributed by atoms with Gasteiger partial charge in [0.05, 0.1) is 0 Å². The van der Waals surface area contributed by atoms with E-state index in [0.29, 0.717) is 6.42 Å². The molecule has 0 aromatic heterocycles. The van der Waals surface area contributed by atoms with Crippen LogP contribution in [0.25, 0.3) is 0 Å². The van der Waals surface area contributed by atoms with Gasteiger partial charge < -0.3 is 5.73 Å². The SMILES string of the molecule is C=CC[C@H](N)c1cccc(F)c1F.Cl. The fourth-order valence-electron chi connectivity index (χ4n) is 1.11. The van der Waals surface area contributed by atoms with E-state index < -0.39 is 17.7 Å². The molecule has 0 aliphatic rings. The zero-order valence-corrected chi connectivity index (χ0v) is 8.36. The van der Waals surface area contributed by atoms with Gasteiger partial charge in [-0.1, -0.05) is 18.2 Å². The van der Waals surface area contributed by atoms with Gasteiger partial charge in [0.15, 0.2) is 11.6 Å². The van der Waals surface area contributed by atoms with Crippen molar-refractivity contribution in [3.63, 3.8) is 0 Å². The first-order valence-corrected chi connectivity index (χ1v) is 3.97. The van der Waals surface area contributed by atoms with E-state index in [0.717, 1.165) is 6.07 Å². The fraction of sp³-hybridized carbons (Fsp3) is 0.200. The highest BCUT2D eigenvalue weighted by atomic mass is 35.5. The number of rotatable bonds is 3. The monoisotopic (exact) mass is 219 g/mol. The summed E-state index contributed by atoms with van der Waals surface area (Å²) in [5.41, 5.74) is 5.79. The normalized spacial score (nSPS) is 11.6. The molecular formula is C10H12ClF2N. The molecular weight excluding hydrogens is 208 g/mol. The van der Waals surface area contributed by atoms with Crippen LogP contribution in [0.1, 0.15) is 18.0 Å². The highest BCUT2D eigenvalue weighted by molar-refractivity contribution is 5.85. The lowest BCUT2D eigenvalue weighted by molar-refractivity contribution is 0.489. The molecule has 0 unspecified atom stereocenters. The fourth-order valence-corrected chi connectivity index (χ4v) is 1.11. The molecule has 2 N–H and O–H groups in total. The maximum atomic E-state index is 13.1. The minimum Gasteiger partial charge on any atom is -0.324 e. The predicted molar refractivity (Wildman–Crippen MR) is 55.3 cm³/mol. The molecule has 1 aromatic rings. The standard InChI is InChI=1S/C10H11F2N.ClH/c1-2-4-9(13)7-5-3-6-8(11)10(7)12;/h2-3,5-6,9H,1,4,13H2;1H/t9-;/m0./s1. The summed E-state index contributed by atoms with van der Waals surface area (Å²) in [7, 11) is 0. The molecule has 0 fully saturated rings. The van der Waals surface area contributed by atoms with Gasteiger partial charge in [0.25, 0.3) is 0 Å². The first-order valence-electron chi connectivity index (χ1n) is 3.97. The van der Waals surface area contributed by atoms with Gasteiger partial charge >= 0.3 is 0 Å². The Morgan fingerprint density at radius 1 is 1.43 bits per heavy atom. The zero-order valence-electron chi connectivity index (χ0n) is 7.54. The Labute approximate surface area is 88.0 Å². The number of hydrogen-bond donors (Lipinski definition) is 1. The van der Waals surface area contributed by atoms with Crippen molar-refractivity contribution >= 4 is 12.4 Å². The van der Waals surface area contributed by atoms with Crippen molar-refractivity contribution in [2.45, 2.75) is 12.5 Å². The first kappa shape index (κ1) is 13.1. The number of benzene rings is 1. The van der Waals surface area contributed by atoms with Crippen LogP contribution in [-0.4, -0.2) is 0 Å². The summed E-state index contributed by atoms with van der Waals surface area (Å²) in [5.74, 6) is -1.73. The second kappa shape index (κ2) is 5.73. The molecule has 0 aliphatic heterocycles. The molecule has 78 valence electrons. The Bertz CT molecular complexity index is 315. The van der Waals surface area contributed by atoms with Gasteiger partial charge in [0, 0.05) is 11.6 Å². The molecule has 0 aliphatic carbocycles. The largest absolute Gasteiger partial charge is 0.324 e. The van der Waals surface area contributed by atoms with Crippen LogP contribution < -0.4 is 5.73 Å². The van der Waals surface area contributed by atoms with Crippen LogP contribution in [0.5, 0.6) is 0 Å². The topological polar surface area (TPSA) is 26.0 Å². The zero-order chi connectivity index (χ0) is 9.84. The van der Waals surface area contributed by atoms with Gasteiger partial charge in [0.1, 0.15) is 0 Å². The number of halogens is 3. The van der Waals surface area contributed by atoms with Crippen LogP contribution in [0.4, 0.5) is 8.78 Å². The van der Waals surface area contributed by atoms with Crippen molar-refractivity contribution in [1.82, 2.24) is 0 Å². The summed E-state index contributed by atoms with van der Waals surface area (Å²) in [5, 5.41) is 0. The Hall–Kier alpha value is -0.930. The van der Waals surface area contributed by atoms with E-state index in [1.807, 2.05) is 0 Å². The summed E-state index contributed by atoms with van der Waals surface area (Å²) < 4.78 is 25.8. The van der Waals surface area contributed by atoms with E-state index in [4.69, 9.17) is 5.73 Å². The Balaban J connectivity index is 0.00000169. The Morgan fingerprint density at radius 2 is 2.07 bits per heavy atom. The van der Waals surface area contributed by atoms with Crippen LogP contribution in [0.2, 0.25) is 0 Å². The smallest absolute Gasteiger partial charge is 0.163 e. The van der Waals surface area contributed by atoms with Gasteiger partial charge in [0.2, 0.25) is 0 Å². The summed E-state index contributed by atoms with van der Waals surface area (Å²) in [6, 6.07) is 3.47. The molecule has 14 heavy (non-hydrogen) atoms. The van der Waals surface area contributed by atoms with Crippen LogP contribution in [-0.2, 0) is 0 Å². The van der Waals surface area contributed by atoms with Gasteiger partial charge in [-0.25, -0.2) is 8.78 Å². The van der Waals surface area contributed by atoms with E-state index in [-0.39, 0.29) is 18.0 Å². The molecule has 0 spiro atoms. The van der Waals surface area contributed by atoms with Gasteiger partial charge in [-0.3, -0.25) is 0 Å². The van der Waals surface area contributed by atoms with Crippen molar-refractivity contribution in [3.05, 3.63) is 48.1 Å². The lowest BCUT2D eigenvalue weighted by atomic mass is 10.0. The van der Waals surface area contributed by atoms with Gasteiger partial charge in [-0.05, 0) is 12.5 Å². The van der Waals surface area contributed by atoms with Crippen molar-refractivity contribution in [2.24, 2.45) is 5.73 Å². The van der Waals surface area contributed by atoms with Gasteiger partial charge in [-0.2, -0.15) is 0 Å². The average molecular weight is 220 g/mol. The molecule has 1 nitrogen and oxygen atoms in total. The molecule has 1 rings (SSSR count). The number of hydrogen-bond acceptors (Lipinski definition) is 1. The highest BCUT2D eigenvalue weighted by Gasteiger charge is 2.12. The van der Waals surface area contributed by atoms with E-state index in [1.54, 1.807) is 6.08 Å². The molecule has 0 bridgehead atoms. The second-order valence-corrected chi connectivity index (χ2v) is 2.77. The quantitative estimate of drug-likeness (QED) is 0.778. The Morgan fingerprint density at radius 3 is 2.64 bits per heavy atom. The summed E-state index contributed by atoms with van der Waals surface area (Å²) in [6.45, 7) is 3.48. The molecule has 0 radical (unpaired) electrons. The third-order valence-corrected chi connectivity index (χ3v) is 1.80. The summed E-state index contributed by atoms with van der Waals surface area (Å²) >= 11 is 0. The van der Waals surface area contributed by atoms with Crippen LogP contribution in [0.3, 0.4) is 0 Å². The van der Waals surface area contributed by atoms with Crippen molar-refractivity contribution < 1.29 is 8.78 Å². The van der Waals surface area contributed by atoms with Gasteiger partial charge in [-0.15, -0.1) is 19.0 Å². The van der Waals surface area contributed by atoms with Crippen LogP contribution >= 0.6 is 12.4 Å². The summed E-state index contributed by atoms with van der Waals surface area (Å²) in [6.07, 6.45) is 2.01. The van der Waals surface area contributed by atoms with Crippen molar-refractivity contribution in [1.29, 1.82) is 0 Å². The third kappa shape index (κ3) is 2.79. The second-order valence-electron chi connectivity index (χ2n) is 2.77. The minimum atomic E-state index is -0.864. The molecule has 0 amide bonds. The minimum absolute atomic E-state index is 0. The maximum Gasteiger partial charge on any atom is 0.163 e. The predicted octanol–water partition coefficient (Wildman–Crippen LogP) is 2.96. The lowest BCUT2D eigenvalue weighted by Gasteiger charge is -2.10. The lowest BCUT2D eigenvalue weighted by Crippen LogP contribution is -2.11. The molecule has 0 heterocycles. The average Bonchev–Trinajstić information content (AvgIpc) is 2.10. The van der Waals surface area contributed by atoms with E-state index in [9.17, 15) is 8.78 Å². The first-order chi connectivity index (χ1) is 6.16. The molecule has 0 saturated carbocycles. The van der Waals surface area contributed by atoms with E-state index in [1.165, 1.54) is 12.1 Å². The van der Waals surface area contributed by atoms with Crippen molar-refractivity contribution in [3.8, 4) is 0 Å². The molecule has 1 atom stereocenters. The third-order valence-electron chi connectivity index (χ3n) is 1.80. The highest BCUT2D eigenvalue weighted by Crippen LogP contribution is 2.19. The Kier molecular flexibility index (Phi) is 5.35. The maximum absolute atomic E-state index is 13.1.